The lowest BCUT2D eigenvalue weighted by Crippen LogP contribution is -2.37. The SMILES string of the molecule is CCCNN(C=O)c1ccc2c(c1)C(=O)c1c(C(C)(C)C)nn(C)c1-2. The van der Waals surface area contributed by atoms with E-state index in [0.29, 0.717) is 23.4 Å². The van der Waals surface area contributed by atoms with Crippen molar-refractivity contribution in [3.8, 4) is 11.3 Å². The Hall–Kier alpha value is -2.47. The topological polar surface area (TPSA) is 67.2 Å². The first-order valence-electron chi connectivity index (χ1n) is 8.54. The van der Waals surface area contributed by atoms with E-state index in [9.17, 15) is 9.59 Å². The average Bonchev–Trinajstić information content (AvgIpc) is 3.05. The fourth-order valence-corrected chi connectivity index (χ4v) is 3.21. The smallest absolute Gasteiger partial charge is 0.228 e. The number of hydrazine groups is 1. The van der Waals surface area contributed by atoms with E-state index in [-0.39, 0.29) is 11.2 Å². The number of carbonyl (C=O) groups excluding carboxylic acids is 2. The molecule has 6 nitrogen and oxygen atoms in total. The van der Waals surface area contributed by atoms with Crippen molar-refractivity contribution in [3.63, 3.8) is 0 Å². The molecule has 0 fully saturated rings. The number of fused-ring (bicyclic) bond motifs is 3. The van der Waals surface area contributed by atoms with Crippen molar-refractivity contribution in [3.05, 3.63) is 35.0 Å². The Morgan fingerprint density at radius 3 is 2.60 bits per heavy atom. The van der Waals surface area contributed by atoms with Crippen molar-refractivity contribution in [2.45, 2.75) is 39.5 Å². The van der Waals surface area contributed by atoms with Crippen LogP contribution in [-0.4, -0.2) is 28.5 Å². The number of hydrogen-bond donors (Lipinski definition) is 1. The minimum absolute atomic E-state index is 0.0220. The second-order valence-electron chi connectivity index (χ2n) is 7.39. The summed E-state index contributed by atoms with van der Waals surface area (Å²) in [6, 6.07) is 5.52. The Morgan fingerprint density at radius 1 is 1.28 bits per heavy atom. The maximum atomic E-state index is 13.1. The van der Waals surface area contributed by atoms with Gasteiger partial charge in [0.05, 0.1) is 22.6 Å². The third-order valence-corrected chi connectivity index (χ3v) is 4.40. The first-order chi connectivity index (χ1) is 11.8. The molecule has 1 aromatic carbocycles. The van der Waals surface area contributed by atoms with Gasteiger partial charge in [0.2, 0.25) is 6.41 Å². The van der Waals surface area contributed by atoms with Gasteiger partial charge in [-0.3, -0.25) is 14.3 Å². The summed E-state index contributed by atoms with van der Waals surface area (Å²) >= 11 is 0. The van der Waals surface area contributed by atoms with Crippen molar-refractivity contribution in [2.24, 2.45) is 7.05 Å². The summed E-state index contributed by atoms with van der Waals surface area (Å²) in [5.41, 5.74) is 7.32. The van der Waals surface area contributed by atoms with Crippen LogP contribution in [0.1, 0.15) is 55.7 Å². The number of rotatable bonds is 5. The number of carbonyl (C=O) groups is 2. The van der Waals surface area contributed by atoms with Gasteiger partial charge in [-0.2, -0.15) is 5.10 Å². The zero-order valence-electron chi connectivity index (χ0n) is 15.4. The largest absolute Gasteiger partial charge is 0.288 e. The number of amides is 1. The molecule has 25 heavy (non-hydrogen) atoms. The first kappa shape index (κ1) is 17.4. The van der Waals surface area contributed by atoms with Crippen molar-refractivity contribution in [2.75, 3.05) is 11.6 Å². The van der Waals surface area contributed by atoms with E-state index < -0.39 is 0 Å². The number of benzene rings is 1. The maximum absolute atomic E-state index is 13.1. The highest BCUT2D eigenvalue weighted by atomic mass is 16.1. The zero-order valence-corrected chi connectivity index (χ0v) is 15.4. The van der Waals surface area contributed by atoms with Gasteiger partial charge in [-0.25, -0.2) is 10.4 Å². The summed E-state index contributed by atoms with van der Waals surface area (Å²) in [7, 11) is 1.87. The average molecular weight is 340 g/mol. The van der Waals surface area contributed by atoms with Gasteiger partial charge in [0, 0.05) is 30.1 Å². The third kappa shape index (κ3) is 2.76. The van der Waals surface area contributed by atoms with Crippen molar-refractivity contribution < 1.29 is 9.59 Å². The number of hydrogen-bond acceptors (Lipinski definition) is 4. The fourth-order valence-electron chi connectivity index (χ4n) is 3.21. The second kappa shape index (κ2) is 6.11. The highest BCUT2D eigenvalue weighted by molar-refractivity contribution is 6.22. The molecule has 3 rings (SSSR count). The molecule has 2 aromatic rings. The lowest BCUT2D eigenvalue weighted by molar-refractivity contribution is -0.108. The summed E-state index contributed by atoms with van der Waals surface area (Å²) in [6.07, 6.45) is 1.63. The van der Waals surface area contributed by atoms with Crippen LogP contribution < -0.4 is 10.4 Å². The first-order valence-corrected chi connectivity index (χ1v) is 8.54. The fraction of sp³-hybridized carbons (Fsp3) is 0.421. The molecule has 0 saturated carbocycles. The van der Waals surface area contributed by atoms with Crippen LogP contribution in [0.25, 0.3) is 11.3 Å². The lowest BCUT2D eigenvalue weighted by atomic mass is 9.88. The van der Waals surface area contributed by atoms with Gasteiger partial charge in [0.15, 0.2) is 5.78 Å². The van der Waals surface area contributed by atoms with Crippen LogP contribution in [0.3, 0.4) is 0 Å². The third-order valence-electron chi connectivity index (χ3n) is 4.40. The molecule has 0 saturated heterocycles. The van der Waals surface area contributed by atoms with Gasteiger partial charge < -0.3 is 0 Å². The number of aromatic nitrogens is 2. The van der Waals surface area contributed by atoms with E-state index in [1.54, 1.807) is 10.7 Å². The molecule has 132 valence electrons. The summed E-state index contributed by atoms with van der Waals surface area (Å²) < 4.78 is 1.78. The molecule has 0 unspecified atom stereocenters. The van der Waals surface area contributed by atoms with Crippen molar-refractivity contribution in [1.82, 2.24) is 15.2 Å². The minimum atomic E-state index is -0.219. The molecule has 0 aliphatic heterocycles. The summed E-state index contributed by atoms with van der Waals surface area (Å²) in [5.74, 6) is -0.0220. The number of nitrogens with zero attached hydrogens (tertiary/aromatic N) is 3. The molecule has 0 bridgehead atoms. The Labute approximate surface area is 147 Å². The van der Waals surface area contributed by atoms with Gasteiger partial charge in [-0.1, -0.05) is 27.7 Å². The molecule has 0 spiro atoms. The van der Waals surface area contributed by atoms with Crippen LogP contribution in [0.15, 0.2) is 18.2 Å². The molecule has 1 aliphatic carbocycles. The number of ketones is 1. The molecule has 1 aromatic heterocycles. The summed E-state index contributed by atoms with van der Waals surface area (Å²) in [6.45, 7) is 8.88. The molecule has 6 heteroatoms. The predicted octanol–water partition coefficient (Wildman–Crippen LogP) is 2.81. The van der Waals surface area contributed by atoms with Crippen LogP contribution in [0.2, 0.25) is 0 Å². The minimum Gasteiger partial charge on any atom is -0.288 e. The molecular formula is C19H24N4O2. The molecule has 1 aliphatic rings. The van der Waals surface area contributed by atoms with Crippen LogP contribution >= 0.6 is 0 Å². The number of aryl methyl sites for hydroxylation is 1. The van der Waals surface area contributed by atoms with E-state index in [1.807, 2.05) is 26.1 Å². The molecule has 1 heterocycles. The molecule has 1 amide bonds. The zero-order chi connectivity index (χ0) is 18.4. The summed E-state index contributed by atoms with van der Waals surface area (Å²) in [5, 5.41) is 6.00. The van der Waals surface area contributed by atoms with E-state index in [0.717, 1.165) is 29.8 Å². The van der Waals surface area contributed by atoms with Crippen LogP contribution in [-0.2, 0) is 17.3 Å². The Morgan fingerprint density at radius 2 is 2.00 bits per heavy atom. The van der Waals surface area contributed by atoms with E-state index >= 15 is 0 Å². The van der Waals surface area contributed by atoms with Gasteiger partial charge in [-0.15, -0.1) is 0 Å². The van der Waals surface area contributed by atoms with Crippen molar-refractivity contribution in [1.29, 1.82) is 0 Å². The highest BCUT2D eigenvalue weighted by Crippen LogP contribution is 2.42. The van der Waals surface area contributed by atoms with Crippen LogP contribution in [0.4, 0.5) is 5.69 Å². The Bertz CT molecular complexity index is 846. The van der Waals surface area contributed by atoms with Crippen LogP contribution in [0.5, 0.6) is 0 Å². The van der Waals surface area contributed by atoms with Gasteiger partial charge in [-0.05, 0) is 24.6 Å². The van der Waals surface area contributed by atoms with E-state index in [4.69, 9.17) is 0 Å². The molecular weight excluding hydrogens is 316 g/mol. The van der Waals surface area contributed by atoms with E-state index in [1.165, 1.54) is 5.01 Å². The van der Waals surface area contributed by atoms with Gasteiger partial charge in [0.1, 0.15) is 0 Å². The standard InChI is InChI=1S/C19H24N4O2/c1-6-9-20-23(11-24)12-7-8-13-14(10-12)17(25)15-16(13)22(5)21-18(15)19(2,3)4/h7-8,10-11,20H,6,9H2,1-5H3. The van der Waals surface area contributed by atoms with Gasteiger partial charge >= 0.3 is 0 Å². The Balaban J connectivity index is 2.08. The maximum Gasteiger partial charge on any atom is 0.228 e. The van der Waals surface area contributed by atoms with E-state index in [2.05, 4.69) is 31.3 Å². The molecule has 1 N–H and O–H groups in total. The number of nitrogens with one attached hydrogen (secondary N) is 1. The number of anilines is 1. The van der Waals surface area contributed by atoms with Crippen LogP contribution in [0, 0.1) is 0 Å². The molecule has 0 atom stereocenters. The second-order valence-corrected chi connectivity index (χ2v) is 7.39. The normalized spacial score (nSPS) is 12.9. The highest BCUT2D eigenvalue weighted by Gasteiger charge is 2.37. The monoisotopic (exact) mass is 340 g/mol. The van der Waals surface area contributed by atoms with Gasteiger partial charge in [0.25, 0.3) is 0 Å². The molecule has 0 radical (unpaired) electrons. The van der Waals surface area contributed by atoms with Crippen molar-refractivity contribution >= 4 is 17.9 Å². The lowest BCUT2D eigenvalue weighted by Gasteiger charge is -2.19. The Kier molecular flexibility index (Phi) is 4.24. The summed E-state index contributed by atoms with van der Waals surface area (Å²) in [4.78, 5) is 24.4. The predicted molar refractivity (Wildman–Crippen MR) is 97.6 cm³/mol. The quantitative estimate of drug-likeness (QED) is 0.573.